The average Bonchev–Trinajstić information content (AvgIpc) is 3.59. The van der Waals surface area contributed by atoms with Crippen molar-refractivity contribution in [2.45, 2.75) is 65.1 Å². The van der Waals surface area contributed by atoms with Crippen LogP contribution in [0, 0.1) is 11.6 Å². The van der Waals surface area contributed by atoms with Gasteiger partial charge in [0.05, 0.1) is 18.3 Å². The maximum absolute atomic E-state index is 14.1. The Bertz CT molecular complexity index is 1570. The number of oxazole rings is 1. The third-order valence-corrected chi connectivity index (χ3v) is 7.50. The molecule has 0 aliphatic carbocycles. The summed E-state index contributed by atoms with van der Waals surface area (Å²) in [7, 11) is 0. The fraction of sp³-hybridized carbons (Fsp3) is 0.371. The van der Waals surface area contributed by atoms with Gasteiger partial charge in [0.1, 0.15) is 17.9 Å². The fourth-order valence-corrected chi connectivity index (χ4v) is 5.26. The monoisotopic (exact) mass is 633 g/mol. The van der Waals surface area contributed by atoms with Gasteiger partial charge >= 0.3 is 0 Å². The van der Waals surface area contributed by atoms with Crippen molar-refractivity contribution < 1.29 is 27.9 Å². The third-order valence-electron chi connectivity index (χ3n) is 7.50. The maximum Gasteiger partial charge on any atom is 0.253 e. The van der Waals surface area contributed by atoms with E-state index in [2.05, 4.69) is 20.6 Å². The summed E-state index contributed by atoms with van der Waals surface area (Å²) < 4.78 is 33.6. The van der Waals surface area contributed by atoms with Crippen LogP contribution in [0.25, 0.3) is 11.5 Å². The Labute approximate surface area is 268 Å². The number of aliphatic hydroxyl groups excluding tert-OH is 1. The molecule has 3 N–H and O–H groups in total. The van der Waals surface area contributed by atoms with E-state index in [1.54, 1.807) is 29.4 Å². The molecule has 2 amide bonds. The van der Waals surface area contributed by atoms with Gasteiger partial charge in [0.25, 0.3) is 11.8 Å². The lowest BCUT2D eigenvalue weighted by Crippen LogP contribution is -2.48. The molecule has 0 saturated heterocycles. The smallest absolute Gasteiger partial charge is 0.253 e. The standard InChI is InChI=1S/C35H41F2N5O4/c1-4-8-42(9-5-2)35(45)28-16-26(15-27(17-28)34-40-7-10-46-34)33(44)41-31(14-24-12-29(36)18-30(37)13-24)32(43)22-39-21-25-11-23(6-3)19-38-20-25/h7,10-13,15-20,31-32,39,43H,4-6,8-9,14,21-22H2,1-3H3,(H,41,44)/t31-,32+/m1/s1. The van der Waals surface area contributed by atoms with Crippen LogP contribution in [0.15, 0.2) is 71.7 Å². The minimum absolute atomic E-state index is 0.0534. The van der Waals surface area contributed by atoms with E-state index < -0.39 is 29.7 Å². The van der Waals surface area contributed by atoms with Gasteiger partial charge in [-0.3, -0.25) is 14.6 Å². The number of aromatic nitrogens is 2. The number of carbonyl (C=O) groups is 2. The lowest BCUT2D eigenvalue weighted by atomic mass is 9.99. The summed E-state index contributed by atoms with van der Waals surface area (Å²) >= 11 is 0. The van der Waals surface area contributed by atoms with Gasteiger partial charge in [-0.2, -0.15) is 0 Å². The lowest BCUT2D eigenvalue weighted by Gasteiger charge is -2.25. The molecule has 11 heteroatoms. The van der Waals surface area contributed by atoms with Crippen LogP contribution in [0.3, 0.4) is 0 Å². The number of pyridine rings is 1. The van der Waals surface area contributed by atoms with Gasteiger partial charge in [-0.05, 0) is 72.7 Å². The number of hydrogen-bond donors (Lipinski definition) is 3. The first kappa shape index (κ1) is 34.4. The normalized spacial score (nSPS) is 12.5. The average molecular weight is 634 g/mol. The summed E-state index contributed by atoms with van der Waals surface area (Å²) in [6.45, 7) is 7.62. The molecule has 46 heavy (non-hydrogen) atoms. The predicted molar refractivity (Wildman–Crippen MR) is 171 cm³/mol. The molecule has 0 aliphatic heterocycles. The minimum Gasteiger partial charge on any atom is -0.445 e. The second-order valence-corrected chi connectivity index (χ2v) is 11.2. The van der Waals surface area contributed by atoms with Crippen LogP contribution < -0.4 is 10.6 Å². The van der Waals surface area contributed by atoms with Crippen molar-refractivity contribution >= 4 is 11.8 Å². The molecule has 2 aromatic heterocycles. The van der Waals surface area contributed by atoms with E-state index in [4.69, 9.17) is 4.42 Å². The number of amides is 2. The molecule has 2 aromatic carbocycles. The van der Waals surface area contributed by atoms with Crippen molar-refractivity contribution in [2.24, 2.45) is 0 Å². The summed E-state index contributed by atoms with van der Waals surface area (Å²) in [5.74, 6) is -2.11. The van der Waals surface area contributed by atoms with E-state index in [0.717, 1.165) is 36.5 Å². The lowest BCUT2D eigenvalue weighted by molar-refractivity contribution is 0.0755. The summed E-state index contributed by atoms with van der Waals surface area (Å²) in [6.07, 6.45) is 7.58. The summed E-state index contributed by atoms with van der Waals surface area (Å²) in [4.78, 5) is 37.5. The first-order valence-electron chi connectivity index (χ1n) is 15.6. The van der Waals surface area contributed by atoms with E-state index in [9.17, 15) is 23.5 Å². The Morgan fingerprint density at radius 3 is 2.26 bits per heavy atom. The minimum atomic E-state index is -1.14. The van der Waals surface area contributed by atoms with Crippen LogP contribution >= 0.6 is 0 Å². The number of nitrogens with one attached hydrogen (secondary N) is 2. The molecule has 4 rings (SSSR count). The van der Waals surface area contributed by atoms with E-state index >= 15 is 0 Å². The van der Waals surface area contributed by atoms with Gasteiger partial charge in [0, 0.05) is 61.3 Å². The second-order valence-electron chi connectivity index (χ2n) is 11.2. The Balaban J connectivity index is 1.60. The number of benzene rings is 2. The summed E-state index contributed by atoms with van der Waals surface area (Å²) in [5, 5.41) is 17.3. The second kappa shape index (κ2) is 16.7. The van der Waals surface area contributed by atoms with Crippen molar-refractivity contribution in [1.29, 1.82) is 0 Å². The van der Waals surface area contributed by atoms with Gasteiger partial charge in [-0.15, -0.1) is 0 Å². The van der Waals surface area contributed by atoms with Crippen LogP contribution in [-0.2, 0) is 19.4 Å². The van der Waals surface area contributed by atoms with E-state index in [1.165, 1.54) is 30.7 Å². The van der Waals surface area contributed by atoms with Gasteiger partial charge in [0.2, 0.25) is 5.89 Å². The number of nitrogens with zero attached hydrogens (tertiary/aromatic N) is 3. The van der Waals surface area contributed by atoms with Crippen LogP contribution in [0.5, 0.6) is 0 Å². The number of aryl methyl sites for hydroxylation is 1. The molecule has 0 spiro atoms. The van der Waals surface area contributed by atoms with E-state index in [-0.39, 0.29) is 41.5 Å². The molecule has 2 heterocycles. The molecule has 0 bridgehead atoms. The van der Waals surface area contributed by atoms with Crippen molar-refractivity contribution in [2.75, 3.05) is 19.6 Å². The van der Waals surface area contributed by atoms with Gasteiger partial charge in [0.15, 0.2) is 0 Å². The number of rotatable bonds is 16. The quantitative estimate of drug-likeness (QED) is 0.153. The summed E-state index contributed by atoms with van der Waals surface area (Å²) in [6, 6.07) is 8.86. The van der Waals surface area contributed by atoms with Gasteiger partial charge < -0.3 is 25.1 Å². The molecule has 244 valence electrons. The molecule has 0 aliphatic rings. The van der Waals surface area contributed by atoms with E-state index in [0.29, 0.717) is 25.2 Å². The molecular weight excluding hydrogens is 592 g/mol. The molecular formula is C35H41F2N5O4. The Kier molecular flexibility index (Phi) is 12.5. The molecule has 0 unspecified atom stereocenters. The zero-order chi connectivity index (χ0) is 33.1. The first-order valence-corrected chi connectivity index (χ1v) is 15.6. The highest BCUT2D eigenvalue weighted by Crippen LogP contribution is 2.23. The molecule has 0 saturated carbocycles. The largest absolute Gasteiger partial charge is 0.445 e. The summed E-state index contributed by atoms with van der Waals surface area (Å²) in [5.41, 5.74) is 3.14. The van der Waals surface area contributed by atoms with Crippen molar-refractivity contribution in [3.05, 3.63) is 107 Å². The van der Waals surface area contributed by atoms with Crippen LogP contribution in [-0.4, -0.2) is 63.6 Å². The number of hydrogen-bond acceptors (Lipinski definition) is 7. The van der Waals surface area contributed by atoms with Gasteiger partial charge in [-0.1, -0.05) is 26.8 Å². The zero-order valence-electron chi connectivity index (χ0n) is 26.4. The topological polar surface area (TPSA) is 121 Å². The fourth-order valence-electron chi connectivity index (χ4n) is 5.26. The predicted octanol–water partition coefficient (Wildman–Crippen LogP) is 5.33. The number of aliphatic hydroxyl groups is 1. The highest BCUT2D eigenvalue weighted by molar-refractivity contribution is 6.01. The number of halogens is 2. The Hall–Kier alpha value is -4.48. The number of carbonyl (C=O) groups excluding carboxylic acids is 2. The zero-order valence-corrected chi connectivity index (χ0v) is 26.4. The van der Waals surface area contributed by atoms with Crippen molar-refractivity contribution in [3.63, 3.8) is 0 Å². The van der Waals surface area contributed by atoms with E-state index in [1.807, 2.05) is 26.8 Å². The highest BCUT2D eigenvalue weighted by atomic mass is 19.1. The van der Waals surface area contributed by atoms with Gasteiger partial charge in [-0.25, -0.2) is 13.8 Å². The third kappa shape index (κ3) is 9.51. The van der Waals surface area contributed by atoms with Crippen LogP contribution in [0.4, 0.5) is 8.78 Å². The van der Waals surface area contributed by atoms with Crippen molar-refractivity contribution in [3.8, 4) is 11.5 Å². The van der Waals surface area contributed by atoms with Crippen LogP contribution in [0.2, 0.25) is 0 Å². The Morgan fingerprint density at radius 1 is 0.913 bits per heavy atom. The van der Waals surface area contributed by atoms with Crippen LogP contribution in [0.1, 0.15) is 71.0 Å². The molecule has 9 nitrogen and oxygen atoms in total. The molecule has 0 fully saturated rings. The Morgan fingerprint density at radius 2 is 1.61 bits per heavy atom. The maximum atomic E-state index is 14.1. The molecule has 0 radical (unpaired) electrons. The highest BCUT2D eigenvalue weighted by Gasteiger charge is 2.25. The first-order chi connectivity index (χ1) is 22.2. The molecule has 4 aromatic rings. The SMILES string of the molecule is CCCN(CCC)C(=O)c1cc(C(=O)N[C@H](Cc2cc(F)cc(F)c2)[C@@H](O)CNCc2cncc(CC)c2)cc(-c2ncco2)c1. The molecule has 2 atom stereocenters. The van der Waals surface area contributed by atoms with Crippen molar-refractivity contribution in [1.82, 2.24) is 25.5 Å².